The van der Waals surface area contributed by atoms with Gasteiger partial charge in [-0.3, -0.25) is 14.6 Å². The first-order valence-electron chi connectivity index (χ1n) is 7.13. The highest BCUT2D eigenvalue weighted by Crippen LogP contribution is 2.31. The Kier molecular flexibility index (Phi) is 3.54. The molecule has 5 heteroatoms. The summed E-state index contributed by atoms with van der Waals surface area (Å²) < 4.78 is 0. The molecule has 102 valence electrons. The summed E-state index contributed by atoms with van der Waals surface area (Å²) in [7, 11) is 0. The third-order valence-corrected chi connectivity index (χ3v) is 4.86. The van der Waals surface area contributed by atoms with E-state index in [2.05, 4.69) is 14.7 Å². The highest BCUT2D eigenvalue weighted by Gasteiger charge is 2.38. The summed E-state index contributed by atoms with van der Waals surface area (Å²) in [6, 6.07) is 0.736. The van der Waals surface area contributed by atoms with Crippen LogP contribution in [0.4, 0.5) is 0 Å². The average Bonchev–Trinajstić information content (AvgIpc) is 2.40. The van der Waals surface area contributed by atoms with Crippen LogP contribution in [-0.4, -0.2) is 84.2 Å². The van der Waals surface area contributed by atoms with Crippen molar-refractivity contribution in [1.82, 2.24) is 14.7 Å². The second kappa shape index (κ2) is 5.15. The van der Waals surface area contributed by atoms with Crippen molar-refractivity contribution < 1.29 is 9.90 Å². The molecule has 5 nitrogen and oxygen atoms in total. The van der Waals surface area contributed by atoms with Crippen LogP contribution in [0.25, 0.3) is 0 Å². The minimum Gasteiger partial charge on any atom is -0.480 e. The smallest absolute Gasteiger partial charge is 0.317 e. The van der Waals surface area contributed by atoms with Crippen LogP contribution in [0, 0.1) is 5.92 Å². The van der Waals surface area contributed by atoms with Crippen molar-refractivity contribution in [2.24, 2.45) is 5.92 Å². The van der Waals surface area contributed by atoms with E-state index in [9.17, 15) is 4.79 Å². The van der Waals surface area contributed by atoms with Gasteiger partial charge in [-0.1, -0.05) is 0 Å². The second-order valence-corrected chi connectivity index (χ2v) is 5.91. The number of hydrogen-bond donors (Lipinski definition) is 1. The molecule has 4 heterocycles. The van der Waals surface area contributed by atoms with E-state index in [1.165, 1.54) is 32.5 Å². The molecule has 1 N–H and O–H groups in total. The SMILES string of the molecule is O=C(O)CN1CCN(C2CN3CCC2CC3)CC1. The normalized spacial score (nSPS) is 37.9. The van der Waals surface area contributed by atoms with Gasteiger partial charge in [0.1, 0.15) is 0 Å². The van der Waals surface area contributed by atoms with E-state index < -0.39 is 5.97 Å². The van der Waals surface area contributed by atoms with Crippen LogP contribution in [0.1, 0.15) is 12.8 Å². The van der Waals surface area contributed by atoms with Gasteiger partial charge in [0.05, 0.1) is 6.54 Å². The van der Waals surface area contributed by atoms with Crippen molar-refractivity contribution >= 4 is 5.97 Å². The predicted octanol–water partition coefficient (Wildman–Crippen LogP) is -0.217. The van der Waals surface area contributed by atoms with Crippen LogP contribution >= 0.6 is 0 Å². The largest absolute Gasteiger partial charge is 0.480 e. The molecular formula is C13H23N3O2. The number of rotatable bonds is 3. The third-order valence-electron chi connectivity index (χ3n) is 4.86. The molecule has 0 aromatic carbocycles. The summed E-state index contributed by atoms with van der Waals surface area (Å²) >= 11 is 0. The fourth-order valence-corrected chi connectivity index (χ4v) is 3.79. The quantitative estimate of drug-likeness (QED) is 0.754. The van der Waals surface area contributed by atoms with Gasteiger partial charge in [-0.05, 0) is 31.8 Å². The third kappa shape index (κ3) is 2.53. The maximum Gasteiger partial charge on any atom is 0.317 e. The molecule has 1 unspecified atom stereocenters. The maximum absolute atomic E-state index is 10.7. The first-order valence-corrected chi connectivity index (χ1v) is 7.13. The van der Waals surface area contributed by atoms with E-state index in [4.69, 9.17) is 5.11 Å². The van der Waals surface area contributed by atoms with Crippen LogP contribution in [0.3, 0.4) is 0 Å². The topological polar surface area (TPSA) is 47.0 Å². The van der Waals surface area contributed by atoms with Gasteiger partial charge in [0.2, 0.25) is 0 Å². The predicted molar refractivity (Wildman–Crippen MR) is 68.6 cm³/mol. The summed E-state index contributed by atoms with van der Waals surface area (Å²) in [6.07, 6.45) is 2.72. The van der Waals surface area contributed by atoms with Crippen LogP contribution < -0.4 is 0 Å². The lowest BCUT2D eigenvalue weighted by Gasteiger charge is -2.50. The standard InChI is InChI=1S/C13H23N3O2/c17-13(18)10-15-5-7-16(8-6-15)12-9-14-3-1-11(12)2-4-14/h11-12H,1-10H2,(H,17,18). The zero-order valence-corrected chi connectivity index (χ0v) is 10.9. The molecule has 4 fully saturated rings. The number of fused-ring (bicyclic) bond motifs is 3. The molecule has 1 atom stereocenters. The van der Waals surface area contributed by atoms with Crippen molar-refractivity contribution in [3.63, 3.8) is 0 Å². The van der Waals surface area contributed by atoms with E-state index in [1.807, 2.05) is 0 Å². The Morgan fingerprint density at radius 3 is 2.22 bits per heavy atom. The molecule has 0 aromatic rings. The lowest BCUT2D eigenvalue weighted by atomic mass is 9.83. The number of nitrogens with zero attached hydrogens (tertiary/aromatic N) is 3. The average molecular weight is 253 g/mol. The Hall–Kier alpha value is -0.650. The van der Waals surface area contributed by atoms with Gasteiger partial charge >= 0.3 is 5.97 Å². The van der Waals surface area contributed by atoms with Gasteiger partial charge < -0.3 is 10.0 Å². The number of piperidine rings is 3. The number of aliphatic carboxylic acids is 1. The first-order chi connectivity index (χ1) is 8.72. The van der Waals surface area contributed by atoms with Crippen molar-refractivity contribution in [3.05, 3.63) is 0 Å². The zero-order chi connectivity index (χ0) is 12.5. The van der Waals surface area contributed by atoms with E-state index >= 15 is 0 Å². The van der Waals surface area contributed by atoms with Crippen molar-refractivity contribution in [3.8, 4) is 0 Å². The Labute approximate surface area is 108 Å². The highest BCUT2D eigenvalue weighted by molar-refractivity contribution is 5.69. The Balaban J connectivity index is 1.52. The Morgan fingerprint density at radius 1 is 1.06 bits per heavy atom. The van der Waals surface area contributed by atoms with Crippen LogP contribution in [0.2, 0.25) is 0 Å². The lowest BCUT2D eigenvalue weighted by Crippen LogP contribution is -2.61. The Morgan fingerprint density at radius 2 is 1.72 bits per heavy atom. The van der Waals surface area contributed by atoms with Crippen LogP contribution in [-0.2, 0) is 4.79 Å². The minimum atomic E-state index is -0.703. The van der Waals surface area contributed by atoms with Gasteiger partial charge in [-0.2, -0.15) is 0 Å². The number of carboxylic acids is 1. The molecule has 4 saturated heterocycles. The summed E-state index contributed by atoms with van der Waals surface area (Å²) in [5, 5.41) is 8.80. The number of hydrogen-bond acceptors (Lipinski definition) is 4. The van der Waals surface area contributed by atoms with Gasteiger partial charge in [0.25, 0.3) is 0 Å². The summed E-state index contributed by atoms with van der Waals surface area (Å²) in [6.45, 7) is 7.94. The molecule has 0 aromatic heterocycles. The molecule has 0 aliphatic carbocycles. The van der Waals surface area contributed by atoms with E-state index in [1.54, 1.807) is 0 Å². The van der Waals surface area contributed by atoms with Crippen molar-refractivity contribution in [2.75, 3.05) is 52.4 Å². The maximum atomic E-state index is 10.7. The van der Waals surface area contributed by atoms with Gasteiger partial charge in [0.15, 0.2) is 0 Å². The molecule has 2 bridgehead atoms. The fraction of sp³-hybridized carbons (Fsp3) is 0.923. The first kappa shape index (κ1) is 12.4. The van der Waals surface area contributed by atoms with Crippen LogP contribution in [0.5, 0.6) is 0 Å². The molecule has 0 amide bonds. The summed E-state index contributed by atoms with van der Waals surface area (Å²) in [5.41, 5.74) is 0. The van der Waals surface area contributed by atoms with Crippen LogP contribution in [0.15, 0.2) is 0 Å². The Bertz CT molecular complexity index is 307. The molecule has 4 rings (SSSR count). The molecule has 0 saturated carbocycles. The molecule has 4 aliphatic heterocycles. The molecule has 18 heavy (non-hydrogen) atoms. The monoisotopic (exact) mass is 253 g/mol. The highest BCUT2D eigenvalue weighted by atomic mass is 16.4. The number of carbonyl (C=O) groups is 1. The fourth-order valence-electron chi connectivity index (χ4n) is 3.79. The lowest BCUT2D eigenvalue weighted by molar-refractivity contribution is -0.139. The van der Waals surface area contributed by atoms with Gasteiger partial charge in [-0.25, -0.2) is 0 Å². The second-order valence-electron chi connectivity index (χ2n) is 5.91. The minimum absolute atomic E-state index is 0.202. The van der Waals surface area contributed by atoms with E-state index in [-0.39, 0.29) is 6.54 Å². The summed E-state index contributed by atoms with van der Waals surface area (Å²) in [5.74, 6) is 0.187. The zero-order valence-electron chi connectivity index (χ0n) is 10.9. The molecular weight excluding hydrogens is 230 g/mol. The van der Waals surface area contributed by atoms with E-state index in [0.29, 0.717) is 0 Å². The molecule has 0 spiro atoms. The van der Waals surface area contributed by atoms with Gasteiger partial charge in [0, 0.05) is 38.8 Å². The van der Waals surface area contributed by atoms with Crippen molar-refractivity contribution in [1.29, 1.82) is 0 Å². The van der Waals surface area contributed by atoms with E-state index in [0.717, 1.165) is 38.1 Å². The molecule has 4 aliphatic rings. The number of carboxylic acid groups (broad SMARTS) is 1. The summed E-state index contributed by atoms with van der Waals surface area (Å²) in [4.78, 5) is 17.9. The van der Waals surface area contributed by atoms with Gasteiger partial charge in [-0.15, -0.1) is 0 Å². The molecule has 0 radical (unpaired) electrons. The van der Waals surface area contributed by atoms with Crippen molar-refractivity contribution in [2.45, 2.75) is 18.9 Å². The number of piperazine rings is 1.